The van der Waals surface area contributed by atoms with Crippen molar-refractivity contribution in [2.75, 3.05) is 6.54 Å². The molecule has 5 nitrogen and oxygen atoms in total. The maximum Gasteiger partial charge on any atom is 0.244 e. The van der Waals surface area contributed by atoms with Crippen molar-refractivity contribution >= 4 is 15.9 Å². The van der Waals surface area contributed by atoms with Crippen LogP contribution in [0, 0.1) is 13.8 Å². The molecule has 0 spiro atoms. The predicted molar refractivity (Wildman–Crippen MR) is 147 cm³/mol. The Morgan fingerprint density at radius 1 is 0.649 bits per heavy atom. The van der Waals surface area contributed by atoms with E-state index in [-0.39, 0.29) is 23.9 Å². The third-order valence-corrected chi connectivity index (χ3v) is 8.19. The molecule has 4 aromatic rings. The Morgan fingerprint density at radius 3 is 1.59 bits per heavy atom. The molecular weight excluding hydrogens is 480 g/mol. The lowest BCUT2D eigenvalue weighted by Crippen LogP contribution is -2.42. The van der Waals surface area contributed by atoms with Gasteiger partial charge in [-0.1, -0.05) is 103 Å². The van der Waals surface area contributed by atoms with E-state index in [2.05, 4.69) is 0 Å². The molecule has 0 saturated carbocycles. The first-order chi connectivity index (χ1) is 17.8. The van der Waals surface area contributed by atoms with Crippen molar-refractivity contribution < 1.29 is 13.2 Å². The fraction of sp³-hybridized carbons (Fsp3) is 0.194. The average molecular weight is 513 g/mol. The molecule has 190 valence electrons. The highest BCUT2D eigenvalue weighted by Crippen LogP contribution is 2.24. The average Bonchev–Trinajstić information content (AvgIpc) is 2.91. The van der Waals surface area contributed by atoms with E-state index < -0.39 is 10.0 Å². The van der Waals surface area contributed by atoms with Gasteiger partial charge in [-0.15, -0.1) is 0 Å². The first-order valence-corrected chi connectivity index (χ1v) is 13.7. The minimum atomic E-state index is -3.94. The molecule has 0 N–H and O–H groups in total. The van der Waals surface area contributed by atoms with E-state index >= 15 is 0 Å². The van der Waals surface area contributed by atoms with E-state index in [9.17, 15) is 13.2 Å². The summed E-state index contributed by atoms with van der Waals surface area (Å²) in [5.74, 6) is -0.252. The molecule has 0 bridgehead atoms. The van der Waals surface area contributed by atoms with Crippen LogP contribution < -0.4 is 0 Å². The van der Waals surface area contributed by atoms with Crippen LogP contribution in [0.25, 0.3) is 0 Å². The molecule has 0 saturated heterocycles. The van der Waals surface area contributed by atoms with Crippen LogP contribution in [0.1, 0.15) is 27.8 Å². The van der Waals surface area contributed by atoms with E-state index in [0.717, 1.165) is 22.3 Å². The lowest BCUT2D eigenvalue weighted by Gasteiger charge is -2.28. The van der Waals surface area contributed by atoms with Crippen molar-refractivity contribution in [2.24, 2.45) is 0 Å². The standard InChI is InChI=1S/C31H32N2O3S/c1-25-18-19-26(2)30(20-25)37(35,36)33(23-29-16-10-5-11-17-29)24-31(34)32(21-27-12-6-3-7-13-27)22-28-14-8-4-9-15-28/h3-20H,21-24H2,1-2H3. The van der Waals surface area contributed by atoms with Gasteiger partial charge in [-0.3, -0.25) is 4.79 Å². The zero-order valence-corrected chi connectivity index (χ0v) is 22.1. The van der Waals surface area contributed by atoms with Gasteiger partial charge in [0.1, 0.15) is 0 Å². The van der Waals surface area contributed by atoms with Crippen molar-refractivity contribution in [3.05, 3.63) is 137 Å². The summed E-state index contributed by atoms with van der Waals surface area (Å²) in [7, 11) is -3.94. The van der Waals surface area contributed by atoms with Crippen molar-refractivity contribution in [1.82, 2.24) is 9.21 Å². The quantitative estimate of drug-likeness (QED) is 0.273. The first kappa shape index (κ1) is 26.3. The summed E-state index contributed by atoms with van der Waals surface area (Å²) in [6.45, 7) is 4.27. The number of amides is 1. The predicted octanol–water partition coefficient (Wildman–Crippen LogP) is 5.72. The van der Waals surface area contributed by atoms with Gasteiger partial charge in [0.25, 0.3) is 0 Å². The lowest BCUT2D eigenvalue weighted by atomic mass is 10.1. The third kappa shape index (κ3) is 6.94. The Bertz CT molecular complexity index is 1380. The van der Waals surface area contributed by atoms with Gasteiger partial charge in [-0.2, -0.15) is 4.31 Å². The number of carbonyl (C=O) groups excluding carboxylic acids is 1. The minimum Gasteiger partial charge on any atom is -0.333 e. The highest BCUT2D eigenvalue weighted by Gasteiger charge is 2.30. The molecule has 4 rings (SSSR count). The third-order valence-electron chi connectivity index (χ3n) is 6.26. The molecule has 0 aliphatic heterocycles. The molecule has 0 aliphatic carbocycles. The van der Waals surface area contributed by atoms with E-state index in [1.165, 1.54) is 4.31 Å². The number of carbonyl (C=O) groups is 1. The Morgan fingerprint density at radius 2 is 1.11 bits per heavy atom. The Kier molecular flexibility index (Phi) is 8.54. The summed E-state index contributed by atoms with van der Waals surface area (Å²) < 4.78 is 29.2. The summed E-state index contributed by atoms with van der Waals surface area (Å²) in [5.41, 5.74) is 4.30. The molecule has 4 aromatic carbocycles. The van der Waals surface area contributed by atoms with Crippen LogP contribution in [0.5, 0.6) is 0 Å². The monoisotopic (exact) mass is 512 g/mol. The summed E-state index contributed by atoms with van der Waals surface area (Å²) in [6.07, 6.45) is 0. The van der Waals surface area contributed by atoms with Gasteiger partial charge < -0.3 is 4.90 Å². The summed E-state index contributed by atoms with van der Waals surface area (Å²) in [5, 5.41) is 0. The van der Waals surface area contributed by atoms with Gasteiger partial charge in [0.2, 0.25) is 15.9 Å². The van der Waals surface area contributed by atoms with Crippen molar-refractivity contribution in [1.29, 1.82) is 0 Å². The largest absolute Gasteiger partial charge is 0.333 e. The molecular formula is C31H32N2O3S. The van der Waals surface area contributed by atoms with E-state index in [0.29, 0.717) is 18.7 Å². The molecule has 6 heteroatoms. The molecule has 0 fully saturated rings. The Balaban J connectivity index is 1.68. The maximum absolute atomic E-state index is 13.9. The Labute approximate surface area is 220 Å². The SMILES string of the molecule is Cc1ccc(C)c(S(=O)(=O)N(CC(=O)N(Cc2ccccc2)Cc2ccccc2)Cc2ccccc2)c1. The minimum absolute atomic E-state index is 0.104. The highest BCUT2D eigenvalue weighted by atomic mass is 32.2. The van der Waals surface area contributed by atoms with Gasteiger partial charge in [0.05, 0.1) is 11.4 Å². The number of sulfonamides is 1. The number of hydrogen-bond donors (Lipinski definition) is 0. The second-order valence-electron chi connectivity index (χ2n) is 9.25. The topological polar surface area (TPSA) is 57.7 Å². The molecule has 0 heterocycles. The van der Waals surface area contributed by atoms with Gasteiger partial charge in [0.15, 0.2) is 0 Å². The smallest absolute Gasteiger partial charge is 0.244 e. The molecule has 37 heavy (non-hydrogen) atoms. The van der Waals surface area contributed by atoms with Gasteiger partial charge in [-0.25, -0.2) is 8.42 Å². The maximum atomic E-state index is 13.9. The zero-order valence-electron chi connectivity index (χ0n) is 21.2. The lowest BCUT2D eigenvalue weighted by molar-refractivity contribution is -0.132. The summed E-state index contributed by atoms with van der Waals surface area (Å²) in [6, 6.07) is 34.3. The van der Waals surface area contributed by atoms with Crippen LogP contribution >= 0.6 is 0 Å². The molecule has 1 amide bonds. The summed E-state index contributed by atoms with van der Waals surface area (Å²) >= 11 is 0. The molecule has 0 atom stereocenters. The number of rotatable bonds is 10. The van der Waals surface area contributed by atoms with Gasteiger partial charge >= 0.3 is 0 Å². The highest BCUT2D eigenvalue weighted by molar-refractivity contribution is 7.89. The van der Waals surface area contributed by atoms with Gasteiger partial charge in [0, 0.05) is 19.6 Å². The second kappa shape index (κ2) is 12.0. The van der Waals surface area contributed by atoms with Crippen LogP contribution in [-0.2, 0) is 34.5 Å². The van der Waals surface area contributed by atoms with Crippen LogP contribution in [0.4, 0.5) is 0 Å². The number of nitrogens with zero attached hydrogens (tertiary/aromatic N) is 2. The van der Waals surface area contributed by atoms with Crippen molar-refractivity contribution in [2.45, 2.75) is 38.4 Å². The van der Waals surface area contributed by atoms with Crippen molar-refractivity contribution in [3.8, 4) is 0 Å². The Hall–Kier alpha value is -3.74. The molecule has 0 unspecified atom stereocenters. The fourth-order valence-electron chi connectivity index (χ4n) is 4.23. The van der Waals surface area contributed by atoms with Gasteiger partial charge in [-0.05, 0) is 47.7 Å². The number of benzene rings is 4. The van der Waals surface area contributed by atoms with Crippen LogP contribution in [0.2, 0.25) is 0 Å². The fourth-order valence-corrected chi connectivity index (χ4v) is 5.92. The molecule has 0 aromatic heterocycles. The molecule has 0 aliphatic rings. The van der Waals surface area contributed by atoms with Crippen LogP contribution in [0.3, 0.4) is 0 Å². The van der Waals surface area contributed by atoms with E-state index in [1.807, 2.05) is 110 Å². The summed E-state index contributed by atoms with van der Waals surface area (Å²) in [4.78, 5) is 15.8. The van der Waals surface area contributed by atoms with E-state index in [4.69, 9.17) is 0 Å². The normalized spacial score (nSPS) is 11.4. The van der Waals surface area contributed by atoms with Crippen LogP contribution in [-0.4, -0.2) is 30.1 Å². The zero-order chi connectivity index (χ0) is 26.3. The van der Waals surface area contributed by atoms with Crippen LogP contribution in [0.15, 0.2) is 114 Å². The second-order valence-corrected chi connectivity index (χ2v) is 11.2. The number of hydrogen-bond acceptors (Lipinski definition) is 3. The first-order valence-electron chi connectivity index (χ1n) is 12.3. The van der Waals surface area contributed by atoms with E-state index in [1.54, 1.807) is 17.9 Å². The number of aryl methyl sites for hydroxylation is 2. The van der Waals surface area contributed by atoms with Crippen molar-refractivity contribution in [3.63, 3.8) is 0 Å². The molecule has 0 radical (unpaired) electrons.